The molecule has 2 aromatic carbocycles. The van der Waals surface area contributed by atoms with Crippen molar-refractivity contribution in [2.24, 2.45) is 0 Å². The monoisotopic (exact) mass is 359 g/mol. The molecule has 0 saturated heterocycles. The van der Waals surface area contributed by atoms with E-state index in [0.717, 1.165) is 11.1 Å². The molecule has 1 N–H and O–H groups in total. The van der Waals surface area contributed by atoms with Crippen molar-refractivity contribution in [3.05, 3.63) is 70.7 Å². The van der Waals surface area contributed by atoms with Gasteiger partial charge >= 0.3 is 5.97 Å². The molecule has 0 saturated carbocycles. The number of hydrogen-bond acceptors (Lipinski definition) is 3. The molecule has 1 amide bonds. The minimum Gasteiger partial charge on any atom is -0.455 e. The first kappa shape index (κ1) is 19.0. The maximum Gasteiger partial charge on any atom is 0.313 e. The molecular weight excluding hydrogens is 338 g/mol. The molecule has 2 rings (SSSR count). The first-order valence-corrected chi connectivity index (χ1v) is 8.70. The number of nitrogens with one attached hydrogen (secondary N) is 1. The Labute approximate surface area is 153 Å². The molecule has 0 aromatic heterocycles. The van der Waals surface area contributed by atoms with E-state index in [-0.39, 0.29) is 24.4 Å². The van der Waals surface area contributed by atoms with Crippen molar-refractivity contribution >= 4 is 23.5 Å². The molecule has 0 aliphatic carbocycles. The summed E-state index contributed by atoms with van der Waals surface area (Å²) in [7, 11) is 0. The van der Waals surface area contributed by atoms with Crippen molar-refractivity contribution in [3.8, 4) is 0 Å². The molecule has 2 aromatic rings. The fourth-order valence-electron chi connectivity index (χ4n) is 2.51. The smallest absolute Gasteiger partial charge is 0.313 e. The predicted octanol–water partition coefficient (Wildman–Crippen LogP) is 3.74. The number of carbonyl (C=O) groups excluding carboxylic acids is 2. The van der Waals surface area contributed by atoms with Crippen LogP contribution in [-0.4, -0.2) is 25.0 Å². The molecule has 0 radical (unpaired) electrons. The van der Waals surface area contributed by atoms with Gasteiger partial charge in [0.1, 0.15) is 0 Å². The molecule has 0 heterocycles. The molecule has 25 heavy (non-hydrogen) atoms. The minimum absolute atomic E-state index is 0.261. The Morgan fingerprint density at radius 2 is 1.76 bits per heavy atom. The predicted molar refractivity (Wildman–Crippen MR) is 98.6 cm³/mol. The topological polar surface area (TPSA) is 55.4 Å². The highest BCUT2D eigenvalue weighted by Gasteiger charge is 2.20. The second-order valence-corrected chi connectivity index (χ2v) is 6.14. The van der Waals surface area contributed by atoms with Crippen LogP contribution in [0.3, 0.4) is 0 Å². The third-order valence-corrected chi connectivity index (χ3v) is 4.14. The highest BCUT2D eigenvalue weighted by atomic mass is 35.5. The Morgan fingerprint density at radius 1 is 1.08 bits per heavy atom. The number of halogens is 1. The zero-order valence-electron chi connectivity index (χ0n) is 14.2. The van der Waals surface area contributed by atoms with Gasteiger partial charge in [-0.1, -0.05) is 61.0 Å². The molecule has 0 aliphatic heterocycles. The fourth-order valence-corrected chi connectivity index (χ4v) is 2.64. The lowest BCUT2D eigenvalue weighted by atomic mass is 9.97. The number of amides is 1. The lowest BCUT2D eigenvalue weighted by molar-refractivity contribution is -0.150. The molecule has 0 aliphatic rings. The number of hydrogen-bond donors (Lipinski definition) is 1. The van der Waals surface area contributed by atoms with Gasteiger partial charge in [-0.15, -0.1) is 0 Å². The van der Waals surface area contributed by atoms with E-state index in [4.69, 9.17) is 16.3 Å². The van der Waals surface area contributed by atoms with Crippen molar-refractivity contribution in [2.45, 2.75) is 25.7 Å². The summed E-state index contributed by atoms with van der Waals surface area (Å²) in [4.78, 5) is 24.0. The normalized spacial score (nSPS) is 11.6. The zero-order valence-corrected chi connectivity index (χ0v) is 15.0. The summed E-state index contributed by atoms with van der Waals surface area (Å²) in [5.41, 5.74) is 1.98. The summed E-state index contributed by atoms with van der Waals surface area (Å²) in [5, 5.41) is 3.43. The van der Waals surface area contributed by atoms with E-state index in [0.29, 0.717) is 24.4 Å². The van der Waals surface area contributed by atoms with E-state index in [9.17, 15) is 9.59 Å². The zero-order chi connectivity index (χ0) is 18.1. The molecular formula is C20H22ClNO3. The van der Waals surface area contributed by atoms with Crippen molar-refractivity contribution < 1.29 is 14.3 Å². The van der Waals surface area contributed by atoms with E-state index in [1.807, 2.05) is 61.5 Å². The average Bonchev–Trinajstić information content (AvgIpc) is 2.63. The number of esters is 1. The summed E-state index contributed by atoms with van der Waals surface area (Å²) in [6, 6.07) is 16.9. The quantitative estimate of drug-likeness (QED) is 0.730. The molecule has 1 unspecified atom stereocenters. The maximum absolute atomic E-state index is 12.2. The summed E-state index contributed by atoms with van der Waals surface area (Å²) in [6.07, 6.45) is 1.32. The van der Waals surface area contributed by atoms with Crippen molar-refractivity contribution in [1.82, 2.24) is 5.32 Å². The van der Waals surface area contributed by atoms with Crippen molar-refractivity contribution in [3.63, 3.8) is 0 Å². The second kappa shape index (κ2) is 9.84. The molecule has 5 heteroatoms. The highest BCUT2D eigenvalue weighted by molar-refractivity contribution is 6.30. The van der Waals surface area contributed by atoms with Crippen LogP contribution in [0.2, 0.25) is 5.02 Å². The second-order valence-electron chi connectivity index (χ2n) is 5.71. The largest absolute Gasteiger partial charge is 0.455 e. The first-order chi connectivity index (χ1) is 12.1. The van der Waals surface area contributed by atoms with Gasteiger partial charge in [0.15, 0.2) is 6.61 Å². The Kier molecular flexibility index (Phi) is 7.48. The van der Waals surface area contributed by atoms with Crippen LogP contribution in [-0.2, 0) is 20.7 Å². The highest BCUT2D eigenvalue weighted by Crippen LogP contribution is 2.20. The van der Waals surface area contributed by atoms with Crippen LogP contribution in [0.25, 0.3) is 0 Å². The molecule has 0 spiro atoms. The summed E-state index contributed by atoms with van der Waals surface area (Å²) < 4.78 is 5.16. The van der Waals surface area contributed by atoms with Gasteiger partial charge in [0.25, 0.3) is 5.91 Å². The van der Waals surface area contributed by atoms with E-state index < -0.39 is 0 Å². The Bertz CT molecular complexity index is 686. The lowest BCUT2D eigenvalue weighted by Crippen LogP contribution is -2.31. The number of ether oxygens (including phenoxy) is 1. The Morgan fingerprint density at radius 3 is 2.40 bits per heavy atom. The summed E-state index contributed by atoms with van der Waals surface area (Å²) in [5.74, 6) is -1.02. The summed E-state index contributed by atoms with van der Waals surface area (Å²) >= 11 is 5.83. The third-order valence-electron chi connectivity index (χ3n) is 3.89. The average molecular weight is 360 g/mol. The molecule has 0 fully saturated rings. The standard InChI is InChI=1S/C20H22ClNO3/c1-2-18(16-6-4-3-5-7-16)20(24)25-14-19(23)22-13-12-15-8-10-17(21)11-9-15/h3-11,18H,2,12-14H2,1H3,(H,22,23). The van der Waals surface area contributed by atoms with Gasteiger partial charge < -0.3 is 10.1 Å². The van der Waals surface area contributed by atoms with Crippen LogP contribution in [0, 0.1) is 0 Å². The molecule has 0 bridgehead atoms. The van der Waals surface area contributed by atoms with Gasteiger partial charge in [0, 0.05) is 11.6 Å². The fraction of sp³-hybridized carbons (Fsp3) is 0.300. The van der Waals surface area contributed by atoms with Crippen molar-refractivity contribution in [2.75, 3.05) is 13.2 Å². The minimum atomic E-state index is -0.374. The summed E-state index contributed by atoms with van der Waals surface area (Å²) in [6.45, 7) is 2.14. The third kappa shape index (κ3) is 6.24. The number of rotatable bonds is 8. The molecule has 4 nitrogen and oxygen atoms in total. The van der Waals surface area contributed by atoms with E-state index in [1.165, 1.54) is 0 Å². The van der Waals surface area contributed by atoms with Gasteiger partial charge in [-0.05, 0) is 36.1 Å². The SMILES string of the molecule is CCC(C(=O)OCC(=O)NCCc1ccc(Cl)cc1)c1ccccc1. The van der Waals surface area contributed by atoms with Crippen molar-refractivity contribution in [1.29, 1.82) is 0 Å². The maximum atomic E-state index is 12.2. The molecule has 132 valence electrons. The van der Waals surface area contributed by atoms with Gasteiger partial charge in [-0.25, -0.2) is 0 Å². The van der Waals surface area contributed by atoms with E-state index in [2.05, 4.69) is 5.32 Å². The number of benzene rings is 2. The first-order valence-electron chi connectivity index (χ1n) is 8.33. The van der Waals surface area contributed by atoms with E-state index >= 15 is 0 Å². The van der Waals surface area contributed by atoms with E-state index in [1.54, 1.807) is 0 Å². The van der Waals surface area contributed by atoms with Crippen LogP contribution in [0.4, 0.5) is 0 Å². The van der Waals surface area contributed by atoms with Gasteiger partial charge in [-0.3, -0.25) is 9.59 Å². The van der Waals surface area contributed by atoms with Crippen LogP contribution < -0.4 is 5.32 Å². The van der Waals surface area contributed by atoms with Crippen LogP contribution >= 0.6 is 11.6 Å². The van der Waals surface area contributed by atoms with Crippen LogP contribution in [0.5, 0.6) is 0 Å². The van der Waals surface area contributed by atoms with Crippen LogP contribution in [0.1, 0.15) is 30.4 Å². The number of carbonyl (C=O) groups is 2. The van der Waals surface area contributed by atoms with Gasteiger partial charge in [0.05, 0.1) is 5.92 Å². The van der Waals surface area contributed by atoms with Gasteiger partial charge in [-0.2, -0.15) is 0 Å². The molecule has 1 atom stereocenters. The van der Waals surface area contributed by atoms with Gasteiger partial charge in [0.2, 0.25) is 0 Å². The Balaban J connectivity index is 1.73. The lowest BCUT2D eigenvalue weighted by Gasteiger charge is -2.14. The Hall–Kier alpha value is -2.33. The van der Waals surface area contributed by atoms with Crippen LogP contribution in [0.15, 0.2) is 54.6 Å².